The largest absolute Gasteiger partial charge is 0.389 e. The van der Waals surface area contributed by atoms with E-state index in [1.54, 1.807) is 19.4 Å². The summed E-state index contributed by atoms with van der Waals surface area (Å²) in [6.45, 7) is 5.68. The molecule has 1 atom stereocenters. The molecule has 0 spiro atoms. The average Bonchev–Trinajstić information content (AvgIpc) is 2.60. The van der Waals surface area contributed by atoms with Gasteiger partial charge in [-0.2, -0.15) is 0 Å². The summed E-state index contributed by atoms with van der Waals surface area (Å²) in [6, 6.07) is 3.70. The zero-order valence-electron chi connectivity index (χ0n) is 9.68. The fraction of sp³-hybridized carbons (Fsp3) is 0.333. The van der Waals surface area contributed by atoms with Gasteiger partial charge >= 0.3 is 0 Å². The predicted molar refractivity (Wildman–Crippen MR) is 61.5 cm³/mol. The summed E-state index contributed by atoms with van der Waals surface area (Å²) in [7, 11) is 0. The van der Waals surface area contributed by atoms with Crippen LogP contribution in [-0.4, -0.2) is 19.6 Å². The number of hydrogen-bond acceptors (Lipinski definition) is 3. The van der Waals surface area contributed by atoms with Crippen LogP contribution < -0.4 is 0 Å². The van der Waals surface area contributed by atoms with Gasteiger partial charge in [0.05, 0.1) is 11.8 Å². The Morgan fingerprint density at radius 3 is 2.62 bits per heavy atom. The van der Waals surface area contributed by atoms with E-state index in [0.29, 0.717) is 0 Å². The lowest BCUT2D eigenvalue weighted by atomic mass is 10.1. The summed E-state index contributed by atoms with van der Waals surface area (Å²) in [5.74, 6) is 0.746. The number of hydrogen-bond donors (Lipinski definition) is 1. The summed E-state index contributed by atoms with van der Waals surface area (Å²) >= 11 is 0. The van der Waals surface area contributed by atoms with Crippen LogP contribution in [-0.2, 0) is 0 Å². The van der Waals surface area contributed by atoms with E-state index >= 15 is 0 Å². The fourth-order valence-electron chi connectivity index (χ4n) is 1.65. The normalized spacial score (nSPS) is 12.8. The second-order valence-corrected chi connectivity index (χ2v) is 3.88. The van der Waals surface area contributed by atoms with Crippen LogP contribution in [0.25, 0.3) is 5.82 Å². The van der Waals surface area contributed by atoms with E-state index < -0.39 is 6.10 Å². The Morgan fingerprint density at radius 2 is 2.06 bits per heavy atom. The maximum atomic E-state index is 9.69. The highest BCUT2D eigenvalue weighted by Crippen LogP contribution is 2.21. The molecule has 0 bridgehead atoms. The molecule has 0 saturated carbocycles. The Bertz CT molecular complexity index is 503. The maximum Gasteiger partial charge on any atom is 0.143 e. The lowest BCUT2D eigenvalue weighted by Gasteiger charge is -2.12. The second kappa shape index (κ2) is 4.06. The third-order valence-electron chi connectivity index (χ3n) is 2.75. The van der Waals surface area contributed by atoms with Crippen LogP contribution in [0.2, 0.25) is 0 Å². The molecule has 0 fully saturated rings. The van der Waals surface area contributed by atoms with E-state index in [1.165, 1.54) is 0 Å². The zero-order chi connectivity index (χ0) is 11.7. The first-order valence-corrected chi connectivity index (χ1v) is 5.25. The van der Waals surface area contributed by atoms with Crippen LogP contribution in [0.5, 0.6) is 0 Å². The molecule has 0 radical (unpaired) electrons. The molecule has 0 aromatic carbocycles. The van der Waals surface area contributed by atoms with Gasteiger partial charge in [-0.05, 0) is 26.8 Å². The second-order valence-electron chi connectivity index (χ2n) is 3.88. The summed E-state index contributed by atoms with van der Waals surface area (Å²) in [5, 5.41) is 9.69. The topological polar surface area (TPSA) is 50.9 Å². The third-order valence-corrected chi connectivity index (χ3v) is 2.75. The first-order valence-electron chi connectivity index (χ1n) is 5.25. The van der Waals surface area contributed by atoms with Crippen LogP contribution in [0.4, 0.5) is 0 Å². The van der Waals surface area contributed by atoms with Crippen molar-refractivity contribution in [3.8, 4) is 5.82 Å². The number of aliphatic hydroxyl groups excluding tert-OH is 1. The molecule has 2 aromatic rings. The van der Waals surface area contributed by atoms with E-state index in [1.807, 2.05) is 30.5 Å². The monoisotopic (exact) mass is 217 g/mol. The highest BCUT2D eigenvalue weighted by Gasteiger charge is 2.12. The van der Waals surface area contributed by atoms with Gasteiger partial charge in [-0.25, -0.2) is 9.97 Å². The van der Waals surface area contributed by atoms with Gasteiger partial charge in [-0.1, -0.05) is 6.07 Å². The van der Waals surface area contributed by atoms with E-state index in [-0.39, 0.29) is 0 Å². The molecule has 84 valence electrons. The molecular formula is C12H15N3O. The smallest absolute Gasteiger partial charge is 0.143 e. The number of imidazole rings is 1. The molecule has 2 rings (SSSR count). The number of rotatable bonds is 2. The van der Waals surface area contributed by atoms with Crippen molar-refractivity contribution in [3.05, 3.63) is 41.6 Å². The number of aryl methyl sites for hydroxylation is 1. The van der Waals surface area contributed by atoms with Crippen molar-refractivity contribution in [3.63, 3.8) is 0 Å². The molecule has 2 aromatic heterocycles. The van der Waals surface area contributed by atoms with E-state index in [9.17, 15) is 5.11 Å². The average molecular weight is 217 g/mol. The van der Waals surface area contributed by atoms with Gasteiger partial charge in [0, 0.05) is 17.5 Å². The SMILES string of the molecule is Cc1ncn(-c2ncccc2C(C)O)c1C. The molecule has 0 aliphatic carbocycles. The summed E-state index contributed by atoms with van der Waals surface area (Å²) < 4.78 is 1.90. The van der Waals surface area contributed by atoms with Gasteiger partial charge in [-0.3, -0.25) is 4.57 Å². The minimum absolute atomic E-state index is 0.536. The number of nitrogens with zero attached hydrogens (tertiary/aromatic N) is 3. The molecule has 0 aliphatic rings. The van der Waals surface area contributed by atoms with Crippen molar-refractivity contribution in [2.75, 3.05) is 0 Å². The van der Waals surface area contributed by atoms with Crippen LogP contribution in [0.1, 0.15) is 30.0 Å². The summed E-state index contributed by atoms with van der Waals surface area (Å²) in [6.07, 6.45) is 2.92. The lowest BCUT2D eigenvalue weighted by Crippen LogP contribution is -2.05. The third kappa shape index (κ3) is 1.72. The van der Waals surface area contributed by atoms with Crippen molar-refractivity contribution in [1.29, 1.82) is 0 Å². The van der Waals surface area contributed by atoms with Crippen molar-refractivity contribution in [1.82, 2.24) is 14.5 Å². The highest BCUT2D eigenvalue weighted by atomic mass is 16.3. The number of aromatic nitrogens is 3. The fourth-order valence-corrected chi connectivity index (χ4v) is 1.65. The maximum absolute atomic E-state index is 9.69. The molecule has 16 heavy (non-hydrogen) atoms. The van der Waals surface area contributed by atoms with Crippen LogP contribution in [0.15, 0.2) is 24.7 Å². The quantitative estimate of drug-likeness (QED) is 0.836. The van der Waals surface area contributed by atoms with Crippen LogP contribution >= 0.6 is 0 Å². The van der Waals surface area contributed by atoms with Crippen LogP contribution in [0.3, 0.4) is 0 Å². The molecule has 0 saturated heterocycles. The van der Waals surface area contributed by atoms with Crippen molar-refractivity contribution >= 4 is 0 Å². The predicted octanol–water partition coefficient (Wildman–Crippen LogP) is 1.94. The molecule has 2 heterocycles. The number of aliphatic hydroxyl groups is 1. The number of pyridine rings is 1. The Hall–Kier alpha value is -1.68. The highest BCUT2D eigenvalue weighted by molar-refractivity contribution is 5.37. The molecule has 4 heteroatoms. The summed E-state index contributed by atoms with van der Waals surface area (Å²) in [5.41, 5.74) is 2.82. The van der Waals surface area contributed by atoms with Gasteiger partial charge in [0.1, 0.15) is 12.1 Å². The molecule has 0 amide bonds. The van der Waals surface area contributed by atoms with Crippen LogP contribution in [0, 0.1) is 13.8 Å². The van der Waals surface area contributed by atoms with Gasteiger partial charge in [0.15, 0.2) is 0 Å². The van der Waals surface area contributed by atoms with Crippen molar-refractivity contribution in [2.45, 2.75) is 26.9 Å². The zero-order valence-corrected chi connectivity index (χ0v) is 9.68. The van der Waals surface area contributed by atoms with Crippen molar-refractivity contribution < 1.29 is 5.11 Å². The molecule has 0 aliphatic heterocycles. The first-order chi connectivity index (χ1) is 7.61. The minimum Gasteiger partial charge on any atom is -0.389 e. The standard InChI is InChI=1S/C12H15N3O/c1-8-9(2)15(7-14-8)12-11(10(3)16)5-4-6-13-12/h4-7,10,16H,1-3H3. The Labute approximate surface area is 94.6 Å². The Morgan fingerprint density at radius 1 is 1.31 bits per heavy atom. The minimum atomic E-state index is -0.536. The summed E-state index contributed by atoms with van der Waals surface area (Å²) in [4.78, 5) is 8.54. The Kier molecular flexibility index (Phi) is 2.75. The van der Waals surface area contributed by atoms with Crippen molar-refractivity contribution in [2.24, 2.45) is 0 Å². The van der Waals surface area contributed by atoms with E-state index in [0.717, 1.165) is 22.8 Å². The Balaban J connectivity index is 2.60. The molecular weight excluding hydrogens is 202 g/mol. The molecule has 4 nitrogen and oxygen atoms in total. The van der Waals surface area contributed by atoms with Gasteiger partial charge in [0.2, 0.25) is 0 Å². The van der Waals surface area contributed by atoms with E-state index in [4.69, 9.17) is 0 Å². The lowest BCUT2D eigenvalue weighted by molar-refractivity contribution is 0.198. The molecule has 1 N–H and O–H groups in total. The van der Waals surface area contributed by atoms with Gasteiger partial charge in [-0.15, -0.1) is 0 Å². The molecule has 1 unspecified atom stereocenters. The first kappa shape index (κ1) is 10.8. The van der Waals surface area contributed by atoms with Gasteiger partial charge in [0.25, 0.3) is 0 Å². The van der Waals surface area contributed by atoms with E-state index in [2.05, 4.69) is 9.97 Å². The van der Waals surface area contributed by atoms with Gasteiger partial charge < -0.3 is 5.11 Å².